The quantitative estimate of drug-likeness (QED) is 0.842. The molecule has 0 unspecified atom stereocenters. The maximum Gasteiger partial charge on any atom is 0.227 e. The molecule has 0 bridgehead atoms. The minimum Gasteiger partial charge on any atom is -0.342 e. The van der Waals surface area contributed by atoms with Crippen molar-refractivity contribution in [3.63, 3.8) is 0 Å². The van der Waals surface area contributed by atoms with Crippen LogP contribution in [-0.4, -0.2) is 43.6 Å². The molecule has 0 radical (unpaired) electrons. The van der Waals surface area contributed by atoms with Crippen molar-refractivity contribution in [2.75, 3.05) is 13.1 Å². The van der Waals surface area contributed by atoms with Gasteiger partial charge in [0.25, 0.3) is 0 Å². The monoisotopic (exact) mass is 355 g/mol. The predicted octanol–water partition coefficient (Wildman–Crippen LogP) is 3.50. The molecule has 0 aliphatic carbocycles. The zero-order valence-corrected chi connectivity index (χ0v) is 16.3. The SMILES string of the molecule is CCCn1nccc1-c1cncc([C@@H]2CCCN(C(=O)C(C)(C)C)C2)n1. The second kappa shape index (κ2) is 7.56. The van der Waals surface area contributed by atoms with Gasteiger partial charge >= 0.3 is 0 Å². The maximum atomic E-state index is 12.6. The molecule has 1 fully saturated rings. The zero-order chi connectivity index (χ0) is 18.7. The summed E-state index contributed by atoms with van der Waals surface area (Å²) in [7, 11) is 0. The summed E-state index contributed by atoms with van der Waals surface area (Å²) in [5, 5.41) is 4.38. The molecule has 0 N–H and O–H groups in total. The smallest absolute Gasteiger partial charge is 0.227 e. The molecule has 1 amide bonds. The molecule has 6 heteroatoms. The minimum absolute atomic E-state index is 0.215. The molecule has 0 spiro atoms. The number of hydrogen-bond acceptors (Lipinski definition) is 4. The van der Waals surface area contributed by atoms with E-state index in [0.29, 0.717) is 0 Å². The fourth-order valence-corrected chi connectivity index (χ4v) is 3.52. The number of nitrogens with zero attached hydrogens (tertiary/aromatic N) is 5. The number of likely N-dealkylation sites (tertiary alicyclic amines) is 1. The number of carbonyl (C=O) groups is 1. The molecule has 1 saturated heterocycles. The van der Waals surface area contributed by atoms with Crippen molar-refractivity contribution >= 4 is 5.91 Å². The van der Waals surface area contributed by atoms with Crippen LogP contribution in [0.15, 0.2) is 24.7 Å². The number of piperidine rings is 1. The van der Waals surface area contributed by atoms with E-state index < -0.39 is 0 Å². The Labute approximate surface area is 155 Å². The van der Waals surface area contributed by atoms with Crippen molar-refractivity contribution in [1.29, 1.82) is 0 Å². The Kier molecular flexibility index (Phi) is 5.39. The van der Waals surface area contributed by atoms with Gasteiger partial charge in [-0.05, 0) is 25.3 Å². The highest BCUT2D eigenvalue weighted by molar-refractivity contribution is 5.81. The van der Waals surface area contributed by atoms with Crippen molar-refractivity contribution in [3.8, 4) is 11.4 Å². The van der Waals surface area contributed by atoms with Crippen molar-refractivity contribution in [1.82, 2.24) is 24.6 Å². The Hall–Kier alpha value is -2.24. The number of carbonyl (C=O) groups excluding carboxylic acids is 1. The van der Waals surface area contributed by atoms with Crippen molar-refractivity contribution in [2.24, 2.45) is 5.41 Å². The zero-order valence-electron chi connectivity index (χ0n) is 16.3. The van der Waals surface area contributed by atoms with Crippen LogP contribution in [0, 0.1) is 5.41 Å². The van der Waals surface area contributed by atoms with Crippen LogP contribution in [-0.2, 0) is 11.3 Å². The van der Waals surface area contributed by atoms with E-state index >= 15 is 0 Å². The molecule has 3 heterocycles. The van der Waals surface area contributed by atoms with Crippen LogP contribution in [0.25, 0.3) is 11.4 Å². The molecule has 1 aliphatic heterocycles. The van der Waals surface area contributed by atoms with Crippen LogP contribution in [0.2, 0.25) is 0 Å². The molecule has 1 aliphatic rings. The summed E-state index contributed by atoms with van der Waals surface area (Å²) in [4.78, 5) is 23.9. The highest BCUT2D eigenvalue weighted by Crippen LogP contribution is 2.29. The summed E-state index contributed by atoms with van der Waals surface area (Å²) in [6, 6.07) is 1.99. The van der Waals surface area contributed by atoms with Crippen LogP contribution >= 0.6 is 0 Å². The minimum atomic E-state index is -0.345. The Morgan fingerprint density at radius 2 is 2.12 bits per heavy atom. The molecule has 2 aromatic heterocycles. The molecule has 0 saturated carbocycles. The second-order valence-corrected chi connectivity index (χ2v) is 8.11. The lowest BCUT2D eigenvalue weighted by Crippen LogP contribution is -2.44. The van der Waals surface area contributed by atoms with Gasteiger partial charge in [-0.15, -0.1) is 0 Å². The van der Waals surface area contributed by atoms with Gasteiger partial charge in [0.05, 0.1) is 17.6 Å². The summed E-state index contributed by atoms with van der Waals surface area (Å²) in [5.74, 6) is 0.456. The third-order valence-corrected chi connectivity index (χ3v) is 4.84. The van der Waals surface area contributed by atoms with Crippen LogP contribution < -0.4 is 0 Å². The Morgan fingerprint density at radius 3 is 2.85 bits per heavy atom. The molecule has 26 heavy (non-hydrogen) atoms. The molecule has 0 aromatic carbocycles. The van der Waals surface area contributed by atoms with Gasteiger partial charge in [0.1, 0.15) is 5.69 Å². The lowest BCUT2D eigenvalue weighted by molar-refractivity contribution is -0.140. The first-order valence-corrected chi connectivity index (χ1v) is 9.53. The van der Waals surface area contributed by atoms with Crippen molar-refractivity contribution < 1.29 is 4.79 Å². The number of rotatable bonds is 4. The highest BCUT2D eigenvalue weighted by Gasteiger charge is 2.32. The predicted molar refractivity (Wildman–Crippen MR) is 102 cm³/mol. The number of amides is 1. The first-order chi connectivity index (χ1) is 12.4. The maximum absolute atomic E-state index is 12.6. The van der Waals surface area contributed by atoms with Crippen molar-refractivity contribution in [2.45, 2.75) is 59.4 Å². The number of aryl methyl sites for hydroxylation is 1. The first-order valence-electron chi connectivity index (χ1n) is 9.53. The van der Waals surface area contributed by atoms with Gasteiger partial charge in [0, 0.05) is 43.4 Å². The third kappa shape index (κ3) is 3.94. The number of aromatic nitrogens is 4. The van der Waals surface area contributed by atoms with Crippen LogP contribution in [0.1, 0.15) is 58.6 Å². The van der Waals surface area contributed by atoms with Gasteiger partial charge in [-0.1, -0.05) is 27.7 Å². The largest absolute Gasteiger partial charge is 0.342 e. The summed E-state index contributed by atoms with van der Waals surface area (Å²) in [5.41, 5.74) is 2.48. The van der Waals surface area contributed by atoms with E-state index in [4.69, 9.17) is 4.98 Å². The van der Waals surface area contributed by atoms with E-state index in [9.17, 15) is 4.79 Å². The Balaban J connectivity index is 1.81. The molecule has 3 rings (SSSR count). The fourth-order valence-electron chi connectivity index (χ4n) is 3.52. The topological polar surface area (TPSA) is 63.9 Å². The van der Waals surface area contributed by atoms with Gasteiger partial charge in [-0.2, -0.15) is 5.10 Å². The van der Waals surface area contributed by atoms with E-state index in [1.54, 1.807) is 6.20 Å². The molecular formula is C20H29N5O. The van der Waals surface area contributed by atoms with E-state index in [0.717, 1.165) is 56.0 Å². The summed E-state index contributed by atoms with van der Waals surface area (Å²) in [6.07, 6.45) is 8.53. The lowest BCUT2D eigenvalue weighted by atomic mass is 9.90. The Bertz CT molecular complexity index is 762. The molecular weight excluding hydrogens is 326 g/mol. The average molecular weight is 355 g/mol. The summed E-state index contributed by atoms with van der Waals surface area (Å²) >= 11 is 0. The second-order valence-electron chi connectivity index (χ2n) is 8.11. The summed E-state index contributed by atoms with van der Waals surface area (Å²) in [6.45, 7) is 10.5. The summed E-state index contributed by atoms with van der Waals surface area (Å²) < 4.78 is 1.98. The average Bonchev–Trinajstić information content (AvgIpc) is 3.09. The van der Waals surface area contributed by atoms with Crippen LogP contribution in [0.5, 0.6) is 0 Å². The molecule has 6 nitrogen and oxygen atoms in total. The van der Waals surface area contributed by atoms with Crippen LogP contribution in [0.4, 0.5) is 0 Å². The lowest BCUT2D eigenvalue weighted by Gasteiger charge is -2.36. The molecule has 1 atom stereocenters. The van der Waals surface area contributed by atoms with Gasteiger partial charge in [-0.3, -0.25) is 14.5 Å². The molecule has 2 aromatic rings. The van der Waals surface area contributed by atoms with Gasteiger partial charge in [0.2, 0.25) is 5.91 Å². The van der Waals surface area contributed by atoms with Gasteiger partial charge in [-0.25, -0.2) is 4.98 Å². The standard InChI is InChI=1S/C20H29N5O/c1-5-10-25-18(8-9-22-25)17-13-21-12-16(23-17)15-7-6-11-24(14-15)19(26)20(2,3)4/h8-9,12-13,15H,5-7,10-11,14H2,1-4H3/t15-/m1/s1. The van der Waals surface area contributed by atoms with E-state index in [1.165, 1.54) is 0 Å². The van der Waals surface area contributed by atoms with E-state index in [1.807, 2.05) is 48.8 Å². The van der Waals surface area contributed by atoms with E-state index in [2.05, 4.69) is 17.0 Å². The highest BCUT2D eigenvalue weighted by atomic mass is 16.2. The first kappa shape index (κ1) is 18.5. The third-order valence-electron chi connectivity index (χ3n) is 4.84. The van der Waals surface area contributed by atoms with Crippen molar-refractivity contribution in [3.05, 3.63) is 30.4 Å². The number of hydrogen-bond donors (Lipinski definition) is 0. The fraction of sp³-hybridized carbons (Fsp3) is 0.600. The van der Waals surface area contributed by atoms with E-state index in [-0.39, 0.29) is 17.2 Å². The normalized spacial score (nSPS) is 18.2. The van der Waals surface area contributed by atoms with Crippen LogP contribution in [0.3, 0.4) is 0 Å². The van der Waals surface area contributed by atoms with Gasteiger partial charge < -0.3 is 4.90 Å². The molecule has 140 valence electrons. The van der Waals surface area contributed by atoms with Gasteiger partial charge in [0.15, 0.2) is 0 Å². The Morgan fingerprint density at radius 1 is 1.31 bits per heavy atom.